The molecule has 130 valence electrons. The van der Waals surface area contributed by atoms with Gasteiger partial charge in [0.2, 0.25) is 0 Å². The molecule has 0 aliphatic carbocycles. The van der Waals surface area contributed by atoms with Crippen molar-refractivity contribution in [1.82, 2.24) is 14.3 Å². The fourth-order valence-electron chi connectivity index (χ4n) is 3.20. The van der Waals surface area contributed by atoms with E-state index in [0.717, 1.165) is 28.0 Å². The predicted molar refractivity (Wildman–Crippen MR) is 96.4 cm³/mol. The van der Waals surface area contributed by atoms with Crippen LogP contribution in [0.4, 0.5) is 0 Å². The van der Waals surface area contributed by atoms with Crippen LogP contribution in [0.15, 0.2) is 35.3 Å². The van der Waals surface area contributed by atoms with Gasteiger partial charge in [-0.3, -0.25) is 9.59 Å². The van der Waals surface area contributed by atoms with Gasteiger partial charge < -0.3 is 9.67 Å². The first-order valence-corrected chi connectivity index (χ1v) is 8.26. The minimum absolute atomic E-state index is 0.110. The van der Waals surface area contributed by atoms with Crippen LogP contribution in [-0.4, -0.2) is 25.4 Å². The van der Waals surface area contributed by atoms with Crippen LogP contribution in [0, 0.1) is 20.8 Å². The summed E-state index contributed by atoms with van der Waals surface area (Å²) in [6.45, 7) is 6.40. The Labute approximate surface area is 145 Å². The van der Waals surface area contributed by atoms with E-state index in [1.165, 1.54) is 4.68 Å². The molecular weight excluding hydrogens is 318 g/mol. The summed E-state index contributed by atoms with van der Waals surface area (Å²) in [5, 5.41) is 14.6. The molecule has 2 aromatic heterocycles. The number of nitrogens with zero attached hydrogens (tertiary/aromatic N) is 3. The molecule has 2 heterocycles. The van der Waals surface area contributed by atoms with Crippen molar-refractivity contribution in [2.75, 3.05) is 0 Å². The second-order valence-corrected chi connectivity index (χ2v) is 6.31. The van der Waals surface area contributed by atoms with Crippen LogP contribution in [0.2, 0.25) is 0 Å². The summed E-state index contributed by atoms with van der Waals surface area (Å²) >= 11 is 0. The number of carboxylic acid groups (broad SMARTS) is 1. The van der Waals surface area contributed by atoms with E-state index in [4.69, 9.17) is 5.11 Å². The van der Waals surface area contributed by atoms with E-state index in [1.54, 1.807) is 6.20 Å². The summed E-state index contributed by atoms with van der Waals surface area (Å²) in [6.07, 6.45) is 2.35. The van der Waals surface area contributed by atoms with Crippen LogP contribution in [0.25, 0.3) is 16.5 Å². The minimum Gasteiger partial charge on any atom is -0.481 e. The van der Waals surface area contributed by atoms with Crippen LogP contribution in [0.3, 0.4) is 0 Å². The van der Waals surface area contributed by atoms with Crippen molar-refractivity contribution < 1.29 is 9.90 Å². The fraction of sp³-hybridized carbons (Fsp3) is 0.316. The van der Waals surface area contributed by atoms with E-state index in [2.05, 4.69) is 5.10 Å². The van der Waals surface area contributed by atoms with E-state index >= 15 is 0 Å². The SMILES string of the molecule is Cc1ccc(-n2ncc3c(C)n(CCCC(=O)O)c(C)c3c2=O)cc1. The van der Waals surface area contributed by atoms with Gasteiger partial charge >= 0.3 is 5.97 Å². The third kappa shape index (κ3) is 3.07. The first-order valence-electron chi connectivity index (χ1n) is 8.26. The Morgan fingerprint density at radius 1 is 1.12 bits per heavy atom. The van der Waals surface area contributed by atoms with Gasteiger partial charge in [-0.2, -0.15) is 9.78 Å². The number of carboxylic acids is 1. The van der Waals surface area contributed by atoms with Crippen LogP contribution in [0.1, 0.15) is 29.8 Å². The highest BCUT2D eigenvalue weighted by Crippen LogP contribution is 2.23. The molecule has 3 rings (SSSR count). The number of aliphatic carboxylic acids is 1. The van der Waals surface area contributed by atoms with Gasteiger partial charge in [0, 0.05) is 29.7 Å². The average Bonchev–Trinajstić information content (AvgIpc) is 2.81. The highest BCUT2D eigenvalue weighted by molar-refractivity contribution is 5.87. The predicted octanol–water partition coefficient (Wildman–Crippen LogP) is 2.98. The topological polar surface area (TPSA) is 77.1 Å². The Morgan fingerprint density at radius 3 is 2.44 bits per heavy atom. The van der Waals surface area contributed by atoms with Crippen LogP contribution in [0.5, 0.6) is 0 Å². The van der Waals surface area contributed by atoms with E-state index in [-0.39, 0.29) is 12.0 Å². The normalized spacial score (nSPS) is 11.2. The lowest BCUT2D eigenvalue weighted by molar-refractivity contribution is -0.137. The molecule has 1 aromatic carbocycles. The van der Waals surface area contributed by atoms with Gasteiger partial charge in [0.25, 0.3) is 5.56 Å². The molecule has 3 aromatic rings. The lowest BCUT2D eigenvalue weighted by atomic mass is 10.2. The average molecular weight is 339 g/mol. The molecule has 6 heteroatoms. The van der Waals surface area contributed by atoms with Gasteiger partial charge in [-0.1, -0.05) is 17.7 Å². The maximum absolute atomic E-state index is 13.0. The molecule has 1 N–H and O–H groups in total. The Hall–Kier alpha value is -2.89. The molecule has 6 nitrogen and oxygen atoms in total. The maximum Gasteiger partial charge on any atom is 0.303 e. The first-order chi connectivity index (χ1) is 11.9. The van der Waals surface area contributed by atoms with Gasteiger partial charge in [-0.25, -0.2) is 0 Å². The van der Waals surface area contributed by atoms with Crippen molar-refractivity contribution in [3.05, 3.63) is 57.8 Å². The van der Waals surface area contributed by atoms with Crippen molar-refractivity contribution in [2.45, 2.75) is 40.2 Å². The zero-order valence-electron chi connectivity index (χ0n) is 14.6. The van der Waals surface area contributed by atoms with E-state index < -0.39 is 5.97 Å². The molecule has 0 saturated heterocycles. The number of rotatable bonds is 5. The van der Waals surface area contributed by atoms with Gasteiger partial charge in [-0.15, -0.1) is 0 Å². The van der Waals surface area contributed by atoms with Crippen LogP contribution in [-0.2, 0) is 11.3 Å². The van der Waals surface area contributed by atoms with Gasteiger partial charge in [0.15, 0.2) is 0 Å². The van der Waals surface area contributed by atoms with Crippen molar-refractivity contribution >= 4 is 16.7 Å². The highest BCUT2D eigenvalue weighted by Gasteiger charge is 2.16. The molecule has 0 aliphatic rings. The van der Waals surface area contributed by atoms with Crippen molar-refractivity contribution in [2.24, 2.45) is 0 Å². The molecule has 0 radical (unpaired) electrons. The minimum atomic E-state index is -0.810. The molecule has 0 spiro atoms. The Kier molecular flexibility index (Phi) is 4.44. The highest BCUT2D eigenvalue weighted by atomic mass is 16.4. The van der Waals surface area contributed by atoms with E-state index in [1.807, 2.05) is 49.6 Å². The van der Waals surface area contributed by atoms with Crippen molar-refractivity contribution in [1.29, 1.82) is 0 Å². The number of hydrogen-bond donors (Lipinski definition) is 1. The second-order valence-electron chi connectivity index (χ2n) is 6.31. The van der Waals surface area contributed by atoms with Gasteiger partial charge in [0.05, 0.1) is 17.3 Å². The van der Waals surface area contributed by atoms with Crippen LogP contribution >= 0.6 is 0 Å². The van der Waals surface area contributed by atoms with E-state index in [9.17, 15) is 9.59 Å². The second kappa shape index (κ2) is 6.55. The number of carbonyl (C=O) groups is 1. The lowest BCUT2D eigenvalue weighted by Crippen LogP contribution is -2.21. The third-order valence-corrected chi connectivity index (χ3v) is 4.59. The zero-order valence-corrected chi connectivity index (χ0v) is 14.6. The standard InChI is InChI=1S/C19H21N3O3/c1-12-6-8-15(9-7-12)22-19(25)18-14(3)21(10-4-5-17(23)24)13(2)16(18)11-20-22/h6-9,11H,4-5,10H2,1-3H3,(H,23,24). The molecule has 0 saturated carbocycles. The summed E-state index contributed by atoms with van der Waals surface area (Å²) < 4.78 is 3.42. The maximum atomic E-state index is 13.0. The number of hydrogen-bond acceptors (Lipinski definition) is 3. The first kappa shape index (κ1) is 17.0. The Balaban J connectivity index is 2.09. The largest absolute Gasteiger partial charge is 0.481 e. The zero-order chi connectivity index (χ0) is 18.1. The number of benzene rings is 1. The molecule has 25 heavy (non-hydrogen) atoms. The Morgan fingerprint density at radius 2 is 1.80 bits per heavy atom. The smallest absolute Gasteiger partial charge is 0.303 e. The van der Waals surface area contributed by atoms with Crippen molar-refractivity contribution in [3.8, 4) is 5.69 Å². The van der Waals surface area contributed by atoms with E-state index in [0.29, 0.717) is 18.4 Å². The number of fused-ring (bicyclic) bond motifs is 1. The number of aryl methyl sites for hydroxylation is 3. The van der Waals surface area contributed by atoms with Gasteiger partial charge in [-0.05, 0) is 39.3 Å². The molecule has 0 atom stereocenters. The molecule has 0 bridgehead atoms. The molecule has 0 aliphatic heterocycles. The molecule has 0 fully saturated rings. The quantitative estimate of drug-likeness (QED) is 0.775. The lowest BCUT2D eigenvalue weighted by Gasteiger charge is -2.07. The summed E-state index contributed by atoms with van der Waals surface area (Å²) in [6, 6.07) is 7.65. The molecular formula is C19H21N3O3. The molecule has 0 unspecified atom stereocenters. The van der Waals surface area contributed by atoms with Crippen LogP contribution < -0.4 is 5.56 Å². The van der Waals surface area contributed by atoms with Crippen molar-refractivity contribution in [3.63, 3.8) is 0 Å². The molecule has 0 amide bonds. The monoisotopic (exact) mass is 339 g/mol. The Bertz CT molecular complexity index is 997. The summed E-state index contributed by atoms with van der Waals surface area (Å²) in [4.78, 5) is 23.7. The summed E-state index contributed by atoms with van der Waals surface area (Å²) in [5.41, 5.74) is 3.49. The van der Waals surface area contributed by atoms with Gasteiger partial charge in [0.1, 0.15) is 0 Å². The summed E-state index contributed by atoms with van der Waals surface area (Å²) in [7, 11) is 0. The fourth-order valence-corrected chi connectivity index (χ4v) is 3.20. The third-order valence-electron chi connectivity index (χ3n) is 4.59. The summed E-state index contributed by atoms with van der Waals surface area (Å²) in [5.74, 6) is -0.810. The number of aromatic nitrogens is 3.